The molecule has 0 spiro atoms. The zero-order valence-corrected chi connectivity index (χ0v) is 12.9. The largest absolute Gasteiger partial charge is 0.480 e. The fourth-order valence-electron chi connectivity index (χ4n) is 3.03. The Labute approximate surface area is 128 Å². The lowest BCUT2D eigenvalue weighted by Crippen LogP contribution is -2.55. The molecule has 1 N–H and O–H groups in total. The molecule has 114 valence electrons. The number of hydrogen-bond donors (Lipinski definition) is 1. The van der Waals surface area contributed by atoms with E-state index in [2.05, 4.69) is 4.98 Å². The van der Waals surface area contributed by atoms with Crippen LogP contribution in [0.2, 0.25) is 0 Å². The average Bonchev–Trinajstić information content (AvgIpc) is 2.36. The SMILES string of the molecule is Cc1cc(C)c2nc(C)cc(C(=O)N3CCC3C(=O)O)c2c1. The Hall–Kier alpha value is -2.43. The number of carboxylic acid groups (broad SMARTS) is 1. The van der Waals surface area contributed by atoms with Crippen LogP contribution in [0.15, 0.2) is 18.2 Å². The van der Waals surface area contributed by atoms with E-state index in [1.165, 1.54) is 4.90 Å². The number of benzene rings is 1. The van der Waals surface area contributed by atoms with Gasteiger partial charge in [-0.25, -0.2) is 4.79 Å². The van der Waals surface area contributed by atoms with Crippen LogP contribution in [0.5, 0.6) is 0 Å². The van der Waals surface area contributed by atoms with E-state index in [9.17, 15) is 9.59 Å². The number of hydrogen-bond acceptors (Lipinski definition) is 3. The van der Waals surface area contributed by atoms with Crippen LogP contribution in [-0.2, 0) is 4.79 Å². The van der Waals surface area contributed by atoms with Crippen molar-refractivity contribution in [3.63, 3.8) is 0 Å². The van der Waals surface area contributed by atoms with Gasteiger partial charge in [-0.15, -0.1) is 0 Å². The number of carbonyl (C=O) groups is 2. The van der Waals surface area contributed by atoms with E-state index in [1.54, 1.807) is 6.07 Å². The molecule has 1 saturated heterocycles. The first-order chi connectivity index (χ1) is 10.4. The molecule has 2 heterocycles. The molecule has 1 aliphatic heterocycles. The van der Waals surface area contributed by atoms with Gasteiger partial charge in [-0.3, -0.25) is 9.78 Å². The number of fused-ring (bicyclic) bond motifs is 1. The van der Waals surface area contributed by atoms with Crippen molar-refractivity contribution in [1.29, 1.82) is 0 Å². The smallest absolute Gasteiger partial charge is 0.326 e. The summed E-state index contributed by atoms with van der Waals surface area (Å²) >= 11 is 0. The monoisotopic (exact) mass is 298 g/mol. The second-order valence-electron chi connectivity index (χ2n) is 5.93. The normalized spacial score (nSPS) is 17.4. The van der Waals surface area contributed by atoms with Gasteiger partial charge >= 0.3 is 5.97 Å². The van der Waals surface area contributed by atoms with Crippen molar-refractivity contribution in [2.24, 2.45) is 0 Å². The number of carboxylic acids is 1. The highest BCUT2D eigenvalue weighted by Gasteiger charge is 2.38. The molecule has 5 heteroatoms. The van der Waals surface area contributed by atoms with Crippen LogP contribution in [-0.4, -0.2) is 39.5 Å². The van der Waals surface area contributed by atoms with Crippen molar-refractivity contribution in [3.8, 4) is 0 Å². The van der Waals surface area contributed by atoms with Gasteiger partial charge in [0.15, 0.2) is 0 Å². The minimum Gasteiger partial charge on any atom is -0.480 e. The van der Waals surface area contributed by atoms with E-state index < -0.39 is 12.0 Å². The van der Waals surface area contributed by atoms with Gasteiger partial charge in [-0.2, -0.15) is 0 Å². The van der Waals surface area contributed by atoms with Crippen LogP contribution < -0.4 is 0 Å². The highest BCUT2D eigenvalue weighted by molar-refractivity contribution is 6.08. The molecule has 5 nitrogen and oxygen atoms in total. The van der Waals surface area contributed by atoms with Crippen LogP contribution in [0.25, 0.3) is 10.9 Å². The second-order valence-corrected chi connectivity index (χ2v) is 5.93. The molecule has 1 aliphatic rings. The summed E-state index contributed by atoms with van der Waals surface area (Å²) in [5.74, 6) is -1.17. The predicted octanol–water partition coefficient (Wildman–Crippen LogP) is 2.46. The molecule has 1 fully saturated rings. The Balaban J connectivity index is 2.14. The Morgan fingerprint density at radius 2 is 1.95 bits per heavy atom. The van der Waals surface area contributed by atoms with Crippen LogP contribution >= 0.6 is 0 Å². The lowest BCUT2D eigenvalue weighted by atomic mass is 9.97. The first kappa shape index (κ1) is 14.5. The van der Waals surface area contributed by atoms with Crippen molar-refractivity contribution in [2.45, 2.75) is 33.2 Å². The average molecular weight is 298 g/mol. The van der Waals surface area contributed by atoms with Crippen LogP contribution in [0, 0.1) is 20.8 Å². The van der Waals surface area contributed by atoms with E-state index in [4.69, 9.17) is 5.11 Å². The van der Waals surface area contributed by atoms with Crippen molar-refractivity contribution < 1.29 is 14.7 Å². The van der Waals surface area contributed by atoms with Crippen molar-refractivity contribution in [1.82, 2.24) is 9.88 Å². The fourth-order valence-corrected chi connectivity index (χ4v) is 3.03. The van der Waals surface area contributed by atoms with Crippen LogP contribution in [0.1, 0.15) is 33.6 Å². The van der Waals surface area contributed by atoms with Crippen molar-refractivity contribution in [2.75, 3.05) is 6.54 Å². The summed E-state index contributed by atoms with van der Waals surface area (Å²) in [5.41, 5.74) is 4.19. The van der Waals surface area contributed by atoms with E-state index in [-0.39, 0.29) is 5.91 Å². The second kappa shape index (κ2) is 5.09. The summed E-state index contributed by atoms with van der Waals surface area (Å²) in [7, 11) is 0. The van der Waals surface area contributed by atoms with Crippen LogP contribution in [0.4, 0.5) is 0 Å². The molecule has 2 aromatic rings. The van der Waals surface area contributed by atoms with Gasteiger partial charge in [0.25, 0.3) is 5.91 Å². The summed E-state index contributed by atoms with van der Waals surface area (Å²) in [4.78, 5) is 29.9. The Morgan fingerprint density at radius 3 is 2.55 bits per heavy atom. The maximum Gasteiger partial charge on any atom is 0.326 e. The molecule has 0 aliphatic carbocycles. The molecule has 1 aromatic heterocycles. The standard InChI is InChI=1S/C17H18N2O3/c1-9-6-10(2)15-12(7-9)13(8-11(3)18-15)16(20)19-5-4-14(19)17(21)22/h6-8,14H,4-5H2,1-3H3,(H,21,22). The molecule has 0 bridgehead atoms. The van der Waals surface area contributed by atoms with Gasteiger partial charge < -0.3 is 10.0 Å². The summed E-state index contributed by atoms with van der Waals surface area (Å²) in [6.07, 6.45) is 0.515. The zero-order valence-electron chi connectivity index (χ0n) is 12.9. The molecule has 1 unspecified atom stereocenters. The number of amides is 1. The molecule has 1 atom stereocenters. The van der Waals surface area contributed by atoms with Crippen molar-refractivity contribution >= 4 is 22.8 Å². The maximum absolute atomic E-state index is 12.8. The summed E-state index contributed by atoms with van der Waals surface area (Å²) < 4.78 is 0. The summed E-state index contributed by atoms with van der Waals surface area (Å²) in [6.45, 7) is 6.29. The van der Waals surface area contributed by atoms with Gasteiger partial charge in [0, 0.05) is 17.6 Å². The lowest BCUT2D eigenvalue weighted by molar-refractivity contribution is -0.146. The topological polar surface area (TPSA) is 70.5 Å². The number of rotatable bonds is 2. The predicted molar refractivity (Wildman–Crippen MR) is 83.0 cm³/mol. The van der Waals surface area contributed by atoms with Gasteiger partial charge in [0.2, 0.25) is 0 Å². The quantitative estimate of drug-likeness (QED) is 0.924. The Kier molecular flexibility index (Phi) is 3.35. The van der Waals surface area contributed by atoms with Gasteiger partial charge in [-0.1, -0.05) is 11.6 Å². The molecular formula is C17H18N2O3. The first-order valence-corrected chi connectivity index (χ1v) is 7.31. The van der Waals surface area contributed by atoms with E-state index >= 15 is 0 Å². The lowest BCUT2D eigenvalue weighted by Gasteiger charge is -2.38. The molecular weight excluding hydrogens is 280 g/mol. The molecule has 22 heavy (non-hydrogen) atoms. The molecule has 0 saturated carbocycles. The van der Waals surface area contributed by atoms with Gasteiger partial charge in [0.1, 0.15) is 6.04 Å². The fraction of sp³-hybridized carbons (Fsp3) is 0.353. The molecule has 0 radical (unpaired) electrons. The van der Waals surface area contributed by atoms with Crippen LogP contribution in [0.3, 0.4) is 0 Å². The Morgan fingerprint density at radius 1 is 1.23 bits per heavy atom. The van der Waals surface area contributed by atoms with Crippen molar-refractivity contribution in [3.05, 3.63) is 40.6 Å². The number of aliphatic carboxylic acids is 1. The third-order valence-corrected chi connectivity index (χ3v) is 4.17. The summed E-state index contributed by atoms with van der Waals surface area (Å²) in [5, 5.41) is 9.94. The maximum atomic E-state index is 12.8. The number of nitrogens with zero attached hydrogens (tertiary/aromatic N) is 2. The van der Waals surface area contributed by atoms with E-state index in [0.29, 0.717) is 18.5 Å². The van der Waals surface area contributed by atoms with Gasteiger partial charge in [0.05, 0.1) is 11.1 Å². The number of aryl methyl sites for hydroxylation is 3. The van der Waals surface area contributed by atoms with E-state index in [1.807, 2.05) is 32.9 Å². The third kappa shape index (κ3) is 2.22. The molecule has 1 amide bonds. The number of likely N-dealkylation sites (tertiary alicyclic amines) is 1. The highest BCUT2D eigenvalue weighted by atomic mass is 16.4. The number of pyridine rings is 1. The third-order valence-electron chi connectivity index (χ3n) is 4.17. The Bertz CT molecular complexity index is 798. The number of aromatic nitrogens is 1. The highest BCUT2D eigenvalue weighted by Crippen LogP contribution is 2.27. The van der Waals surface area contributed by atoms with Gasteiger partial charge in [-0.05, 0) is 44.9 Å². The minimum absolute atomic E-state index is 0.223. The molecule has 1 aromatic carbocycles. The minimum atomic E-state index is -0.943. The number of carbonyl (C=O) groups excluding carboxylic acids is 1. The first-order valence-electron chi connectivity index (χ1n) is 7.31. The summed E-state index contributed by atoms with van der Waals surface area (Å²) in [6, 6.07) is 5.02. The van der Waals surface area contributed by atoms with E-state index in [0.717, 1.165) is 27.7 Å². The zero-order chi connectivity index (χ0) is 16.0. The molecule has 3 rings (SSSR count).